The number of para-hydroxylation sites is 1. The van der Waals surface area contributed by atoms with Crippen molar-refractivity contribution < 1.29 is 135 Å². The van der Waals surface area contributed by atoms with E-state index in [1.807, 2.05) is 4.90 Å². The van der Waals surface area contributed by atoms with Crippen molar-refractivity contribution in [1.29, 1.82) is 0 Å². The molecule has 1 saturated carbocycles. The summed E-state index contributed by atoms with van der Waals surface area (Å²) >= 11 is 0. The van der Waals surface area contributed by atoms with Crippen molar-refractivity contribution in [2.75, 3.05) is 188 Å². The monoisotopic (exact) mass is 1940 g/mol. The summed E-state index contributed by atoms with van der Waals surface area (Å²) in [5.41, 5.74) is 7.28. The van der Waals surface area contributed by atoms with Gasteiger partial charge in [0.2, 0.25) is 47.3 Å². The lowest BCUT2D eigenvalue weighted by atomic mass is 9.82. The Hall–Kier alpha value is -10.6. The second-order valence-electron chi connectivity index (χ2n) is 34.3. The van der Waals surface area contributed by atoms with Crippen LogP contribution < -0.4 is 48.3 Å². The number of nitrogens with two attached hydrogens (primary N) is 1. The molecule has 3 aromatic carbocycles. The van der Waals surface area contributed by atoms with Gasteiger partial charge in [-0.05, 0) is 94.3 Å². The highest BCUT2D eigenvalue weighted by atomic mass is 33.1. The number of ketones is 1. The maximum Gasteiger partial charge on any atom is 0.317 e. The van der Waals surface area contributed by atoms with Crippen LogP contribution in [0.25, 0.3) is 10.9 Å². The molecule has 4 fully saturated rings. The zero-order chi connectivity index (χ0) is 99.0. The number of aromatic amines is 1. The van der Waals surface area contributed by atoms with Gasteiger partial charge in [0, 0.05) is 172 Å². The number of carbonyl (C=O) groups is 15. The van der Waals surface area contributed by atoms with E-state index in [2.05, 4.69) is 47.5 Å². The molecular weight excluding hydrogens is 1810 g/mol. The summed E-state index contributed by atoms with van der Waals surface area (Å²) in [6.07, 6.45) is -0.971. The van der Waals surface area contributed by atoms with E-state index in [1.54, 1.807) is 102 Å². The number of Topliss-reactive ketones (excluding diaryl/α,β-unsaturated/α-hetero) is 1. The zero-order valence-electron chi connectivity index (χ0n) is 76.1. The number of carbonyl (C=O) groups excluding carboxylic acids is 9. The quantitative estimate of drug-likeness (QED) is 0.0147. The molecule has 4 aromatic rings. The number of nitrogens with zero attached hydrogens (tertiary/aromatic N) is 8. The van der Waals surface area contributed by atoms with Gasteiger partial charge < -0.3 is 115 Å². The predicted molar refractivity (Wildman–Crippen MR) is 496 cm³/mol. The Morgan fingerprint density at radius 3 is 1.36 bits per heavy atom. The highest BCUT2D eigenvalue weighted by molar-refractivity contribution is 8.76. The van der Waals surface area contributed by atoms with E-state index in [9.17, 15) is 119 Å². The van der Waals surface area contributed by atoms with Crippen LogP contribution in [-0.4, -0.2) is 449 Å². The number of H-pyrrole nitrogens is 1. The maximum absolute atomic E-state index is 15.3. The van der Waals surface area contributed by atoms with E-state index in [1.165, 1.54) is 38.1 Å². The van der Waals surface area contributed by atoms with Gasteiger partial charge in [0.25, 0.3) is 0 Å². The number of amides is 8. The topological polar surface area (TPSA) is 663 Å². The number of aliphatic hydroxyl groups excluding tert-OH is 5. The minimum absolute atomic E-state index is 0. The van der Waals surface area contributed by atoms with E-state index in [0.717, 1.165) is 21.6 Å². The van der Waals surface area contributed by atoms with Crippen molar-refractivity contribution in [2.24, 2.45) is 17.1 Å². The number of hydrogen-bond donors (Lipinski definition) is 22. The predicted octanol–water partition coefficient (Wildman–Crippen LogP) is -5.42. The van der Waals surface area contributed by atoms with Crippen LogP contribution in [0.1, 0.15) is 71.0 Å². The molecule has 135 heavy (non-hydrogen) atoms. The van der Waals surface area contributed by atoms with Crippen molar-refractivity contribution in [3.05, 3.63) is 102 Å². The van der Waals surface area contributed by atoms with Crippen LogP contribution in [0, 0.1) is 11.3 Å². The number of hydrogen-bond acceptors (Lipinski definition) is 32. The lowest BCUT2D eigenvalue weighted by Crippen LogP contribution is -2.62. The highest BCUT2D eigenvalue weighted by Gasteiger charge is 2.56. The molecule has 3 aliphatic heterocycles. The van der Waals surface area contributed by atoms with Gasteiger partial charge in [-0.15, -0.1) is 0 Å². The lowest BCUT2D eigenvalue weighted by molar-refractivity contribution is -0.140. The van der Waals surface area contributed by atoms with E-state index < -0.39 is 187 Å². The van der Waals surface area contributed by atoms with Gasteiger partial charge in [-0.3, -0.25) is 111 Å². The molecular formula is C88H134N18O27S2. The summed E-state index contributed by atoms with van der Waals surface area (Å²) in [6, 6.07) is 9.21. The second-order valence-corrected chi connectivity index (χ2v) is 36.9. The molecule has 23 N–H and O–H groups in total. The number of carboxylic acids is 6. The molecule has 0 radical (unpaired) electrons. The third-order valence-electron chi connectivity index (χ3n) is 23.8. The Labute approximate surface area is 790 Å². The van der Waals surface area contributed by atoms with Crippen LogP contribution in [0.5, 0.6) is 5.75 Å². The number of nitrogens with one attached hydrogen (secondary N) is 9. The molecule has 2 unspecified atom stereocenters. The molecule has 47 heteroatoms. The molecule has 8 rings (SSSR count). The van der Waals surface area contributed by atoms with Gasteiger partial charge >= 0.3 is 35.8 Å². The number of phenolic OH excluding ortho intramolecular Hbond substituents is 1. The number of carboxylic acid groups (broad SMARTS) is 6. The number of aliphatic hydroxyl groups is 5. The molecule has 8 amide bonds. The van der Waals surface area contributed by atoms with Crippen molar-refractivity contribution in [1.82, 2.24) is 86.7 Å². The van der Waals surface area contributed by atoms with Gasteiger partial charge in [0.05, 0.1) is 83.3 Å². The average Bonchev–Trinajstić information content (AvgIpc) is 1.60. The number of rotatable bonds is 38. The van der Waals surface area contributed by atoms with Crippen LogP contribution in [0.15, 0.2) is 85.1 Å². The van der Waals surface area contributed by atoms with Gasteiger partial charge in [-0.2, -0.15) is 0 Å². The average molecular weight is 1940 g/mol. The summed E-state index contributed by atoms with van der Waals surface area (Å²) in [7, 11) is 1.81. The zero-order valence-corrected chi connectivity index (χ0v) is 77.8. The number of phenols is 1. The molecule has 12 atom stereocenters. The van der Waals surface area contributed by atoms with Crippen molar-refractivity contribution in [3.63, 3.8) is 0 Å². The fourth-order valence-corrected chi connectivity index (χ4v) is 18.3. The fraction of sp³-hybridized carbons (Fsp3) is 0.602. The Morgan fingerprint density at radius 1 is 0.481 bits per heavy atom. The van der Waals surface area contributed by atoms with Gasteiger partial charge in [0.15, 0.2) is 5.78 Å². The van der Waals surface area contributed by atoms with E-state index in [0.29, 0.717) is 99.2 Å². The first-order valence-corrected chi connectivity index (χ1v) is 47.4. The SMILES string of the molecule is CC(O)[C@@H]1NC(=O)[C@H](CCCCN)NC(=O)[C@@H](Cc2c[nH]c3ccccc23)NC(=O)[C@H](Cc2ccc(O)cc2)NC(=O)[C@@H](NC(=O)[C@@H](Cc2ccccc2)NC(=O)CN2CCN(CC(=O)O)CCN(CC(=O)O)CCN(CC(=O)O)CC2)CSSC[C@@H](C(=O)N[C@H](CO)C(C)O)NC1=O.C[C@@H](O)[C@@H](CO)C1(C(=O)CN2CCN(CC(=O)O)CCN(CC(=O)O)CCN(CC(=O)O)CC2)CC1.[HH]. The third-order valence-corrected chi connectivity index (χ3v) is 26.2. The molecule has 0 spiro atoms. The summed E-state index contributed by atoms with van der Waals surface area (Å²) in [5, 5.41) is 141. The minimum Gasteiger partial charge on any atom is -0.508 e. The summed E-state index contributed by atoms with van der Waals surface area (Å²) in [5.74, 6) is -15.3. The molecule has 3 saturated heterocycles. The first-order chi connectivity index (χ1) is 64.2. The largest absolute Gasteiger partial charge is 0.508 e. The number of aliphatic carboxylic acids is 6. The first-order valence-electron chi connectivity index (χ1n) is 44.9. The molecule has 1 aromatic heterocycles. The number of unbranched alkanes of at least 4 members (excludes halogenated alkanes) is 1. The molecule has 45 nitrogen and oxygen atoms in total. The van der Waals surface area contributed by atoms with Crippen LogP contribution in [0.4, 0.5) is 0 Å². The van der Waals surface area contributed by atoms with Crippen molar-refractivity contribution >= 4 is 121 Å². The highest BCUT2D eigenvalue weighted by Crippen LogP contribution is 2.54. The molecule has 0 bridgehead atoms. The molecule has 1 aliphatic carbocycles. The van der Waals surface area contributed by atoms with Gasteiger partial charge in [0.1, 0.15) is 48.0 Å². The normalized spacial score (nSPS) is 22.2. The van der Waals surface area contributed by atoms with E-state index >= 15 is 14.4 Å². The minimum atomic E-state index is -1.77. The van der Waals surface area contributed by atoms with Gasteiger partial charge in [-0.1, -0.05) is 82.3 Å². The van der Waals surface area contributed by atoms with Crippen molar-refractivity contribution in [2.45, 2.75) is 139 Å². The third kappa shape index (κ3) is 38.8. The second kappa shape index (κ2) is 56.8. The first kappa shape index (κ1) is 111. The Morgan fingerprint density at radius 2 is 0.919 bits per heavy atom. The number of fused-ring (bicyclic) bond motifs is 1. The molecule has 750 valence electrons. The number of benzene rings is 3. The van der Waals surface area contributed by atoms with Crippen molar-refractivity contribution in [3.8, 4) is 5.75 Å². The fourth-order valence-electron chi connectivity index (χ4n) is 16.0. The standard InChI is InChI=1S/C65H92N14O18S2.C23H40N4O9.H2/c1-39(81)51(36-80)72-64(96)53-38-99-98-37-52(73-60(92)48(28-41-10-4-3-5-11-41)68-54(84)32-76-20-22-77(33-55(85)86)24-26-79(35-57(89)90)27-25-78(23-21-76)34-56(87)88)63(95)70-49(29-42-15-17-44(83)18-16-42)61(93)71-50(30-43-31-67-46-13-7-6-12-45(43)46)62(94)69-47(14-8-9-19-66)59(91)75-58(40(2)82)65(97)74-53;1-17(29)18(16-28)23(2-3-23)19(30)12-24-4-6-25(13-20(31)32)8-10-27(15-22(35)36)11-9-26(7-5-24)14-21(33)34;/h3-7,10-13,15-18,31,39-40,47-53,58,67,80-83H,8-9,14,19-30,32-38,66H2,1-2H3,(H,68,84)(H,69,94)(H,70,95)(H,71,93)(H,72,96)(H,73,92)(H,74,97)(H,75,91)(H,85,86)(H,87,88)(H,89,90);17-18,28-29H,2-16H2,1H3,(H,31,32)(H,33,34)(H,35,36);1H/t39?,40?,47-,48+,49-,50+,51+,52-,53-,58-;17-,18-;/m01./s1. The molecule has 4 aliphatic rings. The summed E-state index contributed by atoms with van der Waals surface area (Å²) < 4.78 is 0. The molecule has 4 heterocycles. The van der Waals surface area contributed by atoms with Crippen LogP contribution in [-0.2, 0) is 91.2 Å². The Kier molecular flexibility index (Phi) is 46.9. The van der Waals surface area contributed by atoms with Crippen LogP contribution >= 0.6 is 21.6 Å². The summed E-state index contributed by atoms with van der Waals surface area (Å²) in [6.45, 7) is 4.27. The van der Waals surface area contributed by atoms with Crippen LogP contribution in [0.3, 0.4) is 0 Å². The lowest BCUT2D eigenvalue weighted by Gasteiger charge is -2.34. The number of aromatic nitrogens is 1. The van der Waals surface area contributed by atoms with Gasteiger partial charge in [-0.25, -0.2) is 0 Å². The number of aromatic hydroxyl groups is 1. The van der Waals surface area contributed by atoms with E-state index in [4.69, 9.17) is 5.73 Å². The van der Waals surface area contributed by atoms with E-state index in [-0.39, 0.29) is 155 Å². The smallest absolute Gasteiger partial charge is 0.317 e. The van der Waals surface area contributed by atoms with Crippen LogP contribution in [0.2, 0.25) is 0 Å². The summed E-state index contributed by atoms with van der Waals surface area (Å²) in [4.78, 5) is 218. The maximum atomic E-state index is 15.3. The Balaban J connectivity index is 0.000000641. The Bertz CT molecular complexity index is 4500.